The zero-order valence-corrected chi connectivity index (χ0v) is 12.3. The molecule has 0 saturated carbocycles. The molecule has 1 aromatic rings. The molecule has 6 heteroatoms. The van der Waals surface area contributed by atoms with Gasteiger partial charge in [-0.3, -0.25) is 4.79 Å². The third-order valence-corrected chi connectivity index (χ3v) is 5.32. The van der Waals surface area contributed by atoms with E-state index in [4.69, 9.17) is 16.3 Å². The van der Waals surface area contributed by atoms with Gasteiger partial charge in [-0.05, 0) is 24.3 Å². The zero-order valence-electron chi connectivity index (χ0n) is 9.17. The topological polar surface area (TPSA) is 38.3 Å². The van der Waals surface area contributed by atoms with Gasteiger partial charge in [0.1, 0.15) is 4.88 Å². The van der Waals surface area contributed by atoms with Crippen LogP contribution in [0.25, 0.3) is 0 Å². The first-order chi connectivity index (χ1) is 8.17. The van der Waals surface area contributed by atoms with E-state index in [1.165, 1.54) is 11.3 Å². The molecular weight excluding hydrogens is 326 g/mol. The number of halogens is 2. The number of ether oxygens (including phenoxy) is 1. The minimum absolute atomic E-state index is 0.0913. The number of amides is 1. The second-order valence-corrected chi connectivity index (χ2v) is 5.96. The second-order valence-electron chi connectivity index (χ2n) is 4.08. The standard InChI is InChI=1S/C11H13BrClNO2S/c12-7-11(2-4-16-5-3-11)14-10(15)9-8(13)1-6-17-9/h1,6H,2-5,7H2,(H,14,15). The lowest BCUT2D eigenvalue weighted by Gasteiger charge is -2.36. The molecule has 0 spiro atoms. The van der Waals surface area contributed by atoms with E-state index in [-0.39, 0.29) is 11.4 Å². The predicted octanol–water partition coefficient (Wildman–Crippen LogP) is 3.08. The van der Waals surface area contributed by atoms with Gasteiger partial charge in [-0.1, -0.05) is 27.5 Å². The molecule has 1 aromatic heterocycles. The van der Waals surface area contributed by atoms with Gasteiger partial charge in [0.25, 0.3) is 5.91 Å². The summed E-state index contributed by atoms with van der Waals surface area (Å²) in [4.78, 5) is 12.7. The molecule has 1 saturated heterocycles. The van der Waals surface area contributed by atoms with Crippen molar-refractivity contribution in [3.05, 3.63) is 21.3 Å². The van der Waals surface area contributed by atoms with Crippen molar-refractivity contribution in [1.29, 1.82) is 0 Å². The average Bonchev–Trinajstić information content (AvgIpc) is 2.77. The number of nitrogens with one attached hydrogen (secondary N) is 1. The molecule has 1 fully saturated rings. The molecule has 0 aliphatic carbocycles. The first kappa shape index (κ1) is 13.3. The third-order valence-electron chi connectivity index (χ3n) is 2.91. The number of hydrogen-bond donors (Lipinski definition) is 1. The summed E-state index contributed by atoms with van der Waals surface area (Å²) in [7, 11) is 0. The Kier molecular flexibility index (Phi) is 4.47. The highest BCUT2D eigenvalue weighted by atomic mass is 79.9. The summed E-state index contributed by atoms with van der Waals surface area (Å²) < 4.78 is 5.33. The maximum atomic E-state index is 12.1. The van der Waals surface area contributed by atoms with E-state index in [0.717, 1.165) is 18.2 Å². The normalized spacial score (nSPS) is 18.9. The van der Waals surface area contributed by atoms with Crippen LogP contribution in [-0.4, -0.2) is 30.0 Å². The fourth-order valence-electron chi connectivity index (χ4n) is 1.81. The summed E-state index contributed by atoms with van der Waals surface area (Å²) in [6.45, 7) is 1.37. The van der Waals surface area contributed by atoms with E-state index in [1.54, 1.807) is 6.07 Å². The summed E-state index contributed by atoms with van der Waals surface area (Å²) in [5.74, 6) is -0.0913. The number of thiophene rings is 1. The van der Waals surface area contributed by atoms with E-state index in [9.17, 15) is 4.79 Å². The van der Waals surface area contributed by atoms with Gasteiger partial charge in [0.05, 0.1) is 10.6 Å². The van der Waals surface area contributed by atoms with Gasteiger partial charge in [-0.25, -0.2) is 0 Å². The van der Waals surface area contributed by atoms with Crippen LogP contribution in [0.3, 0.4) is 0 Å². The third kappa shape index (κ3) is 3.02. The maximum Gasteiger partial charge on any atom is 0.263 e. The van der Waals surface area contributed by atoms with Crippen molar-refractivity contribution >= 4 is 44.8 Å². The van der Waals surface area contributed by atoms with Crippen LogP contribution in [0.5, 0.6) is 0 Å². The van der Waals surface area contributed by atoms with E-state index < -0.39 is 0 Å². The Balaban J connectivity index is 2.08. The molecule has 1 amide bonds. The Bertz CT molecular complexity index is 404. The summed E-state index contributed by atoms with van der Waals surface area (Å²) in [5.41, 5.74) is -0.206. The molecule has 94 valence electrons. The molecule has 0 atom stereocenters. The van der Waals surface area contributed by atoms with Crippen molar-refractivity contribution in [2.45, 2.75) is 18.4 Å². The molecule has 1 aliphatic heterocycles. The van der Waals surface area contributed by atoms with Gasteiger partial charge < -0.3 is 10.1 Å². The smallest absolute Gasteiger partial charge is 0.263 e. The number of rotatable bonds is 3. The minimum Gasteiger partial charge on any atom is -0.381 e. The van der Waals surface area contributed by atoms with Crippen LogP contribution in [0.15, 0.2) is 11.4 Å². The van der Waals surface area contributed by atoms with Crippen molar-refractivity contribution in [1.82, 2.24) is 5.32 Å². The van der Waals surface area contributed by atoms with E-state index >= 15 is 0 Å². The first-order valence-corrected chi connectivity index (χ1v) is 7.74. The van der Waals surface area contributed by atoms with Crippen LogP contribution < -0.4 is 5.32 Å². The van der Waals surface area contributed by atoms with Crippen molar-refractivity contribution in [3.8, 4) is 0 Å². The molecule has 0 unspecified atom stereocenters. The Hall–Kier alpha value is -0.100. The number of alkyl halides is 1. The zero-order chi connectivity index (χ0) is 12.3. The van der Waals surface area contributed by atoms with Crippen molar-refractivity contribution in [2.75, 3.05) is 18.5 Å². The summed E-state index contributed by atoms with van der Waals surface area (Å²) >= 11 is 10.8. The lowest BCUT2D eigenvalue weighted by molar-refractivity contribution is 0.0443. The van der Waals surface area contributed by atoms with E-state index in [1.807, 2.05) is 5.38 Å². The highest BCUT2D eigenvalue weighted by molar-refractivity contribution is 9.09. The Morgan fingerprint density at radius 3 is 2.82 bits per heavy atom. The highest BCUT2D eigenvalue weighted by Crippen LogP contribution is 2.26. The molecule has 3 nitrogen and oxygen atoms in total. The minimum atomic E-state index is -0.206. The van der Waals surface area contributed by atoms with Crippen molar-refractivity contribution in [2.24, 2.45) is 0 Å². The fraction of sp³-hybridized carbons (Fsp3) is 0.545. The van der Waals surface area contributed by atoms with Gasteiger partial charge in [-0.2, -0.15) is 0 Å². The van der Waals surface area contributed by atoms with Crippen molar-refractivity contribution in [3.63, 3.8) is 0 Å². The van der Waals surface area contributed by atoms with Gasteiger partial charge in [-0.15, -0.1) is 11.3 Å². The number of hydrogen-bond acceptors (Lipinski definition) is 3. The number of carbonyl (C=O) groups excluding carboxylic acids is 1. The largest absolute Gasteiger partial charge is 0.381 e. The second kappa shape index (κ2) is 5.69. The van der Waals surface area contributed by atoms with Gasteiger partial charge >= 0.3 is 0 Å². The maximum absolute atomic E-state index is 12.1. The fourth-order valence-corrected chi connectivity index (χ4v) is 3.54. The van der Waals surface area contributed by atoms with Gasteiger partial charge in [0, 0.05) is 18.5 Å². The molecule has 0 aromatic carbocycles. The Morgan fingerprint density at radius 1 is 1.59 bits per heavy atom. The van der Waals surface area contributed by atoms with Crippen LogP contribution in [0.4, 0.5) is 0 Å². The molecule has 17 heavy (non-hydrogen) atoms. The van der Waals surface area contributed by atoms with Crippen LogP contribution in [-0.2, 0) is 4.74 Å². The monoisotopic (exact) mass is 337 g/mol. The molecule has 0 radical (unpaired) electrons. The Morgan fingerprint density at radius 2 is 2.29 bits per heavy atom. The highest BCUT2D eigenvalue weighted by Gasteiger charge is 2.33. The number of carbonyl (C=O) groups is 1. The van der Waals surface area contributed by atoms with Crippen LogP contribution >= 0.6 is 38.9 Å². The summed E-state index contributed by atoms with van der Waals surface area (Å²) in [6, 6.07) is 1.74. The molecule has 0 bridgehead atoms. The summed E-state index contributed by atoms with van der Waals surface area (Å²) in [5, 5.41) is 6.16. The van der Waals surface area contributed by atoms with Gasteiger partial charge in [0.2, 0.25) is 0 Å². The molecule has 1 N–H and O–H groups in total. The van der Waals surface area contributed by atoms with E-state index in [2.05, 4.69) is 21.2 Å². The first-order valence-electron chi connectivity index (χ1n) is 5.36. The predicted molar refractivity (Wildman–Crippen MR) is 73.4 cm³/mol. The van der Waals surface area contributed by atoms with Crippen LogP contribution in [0.1, 0.15) is 22.5 Å². The van der Waals surface area contributed by atoms with Crippen LogP contribution in [0.2, 0.25) is 5.02 Å². The van der Waals surface area contributed by atoms with E-state index in [0.29, 0.717) is 23.1 Å². The lowest BCUT2D eigenvalue weighted by atomic mass is 9.92. The lowest BCUT2D eigenvalue weighted by Crippen LogP contribution is -2.53. The molecule has 1 aliphatic rings. The molecule has 2 rings (SSSR count). The SMILES string of the molecule is O=C(NC1(CBr)CCOCC1)c1sccc1Cl. The molecular formula is C11H13BrClNO2S. The van der Waals surface area contributed by atoms with Crippen molar-refractivity contribution < 1.29 is 9.53 Å². The average molecular weight is 339 g/mol. The quantitative estimate of drug-likeness (QED) is 0.860. The van der Waals surface area contributed by atoms with Crippen LogP contribution in [0, 0.1) is 0 Å². The van der Waals surface area contributed by atoms with Gasteiger partial charge in [0.15, 0.2) is 0 Å². The Labute approximate surface area is 118 Å². The molecule has 2 heterocycles. The summed E-state index contributed by atoms with van der Waals surface area (Å²) in [6.07, 6.45) is 1.65.